The highest BCUT2D eigenvalue weighted by Gasteiger charge is 2.45. The van der Waals surface area contributed by atoms with Crippen LogP contribution in [0.1, 0.15) is 31.5 Å². The molecule has 1 saturated carbocycles. The number of carbonyl (C=O) groups excluding carboxylic acids is 2. The maximum atomic E-state index is 12.0. The second kappa shape index (κ2) is 5.13. The van der Waals surface area contributed by atoms with Crippen LogP contribution in [-0.4, -0.2) is 45.3 Å². The third-order valence-corrected chi connectivity index (χ3v) is 3.63. The van der Waals surface area contributed by atoms with Crippen molar-refractivity contribution < 1.29 is 9.59 Å². The lowest BCUT2D eigenvalue weighted by molar-refractivity contribution is -0.139. The number of aromatic nitrogens is 2. The van der Waals surface area contributed by atoms with Crippen LogP contribution in [0.15, 0.2) is 12.4 Å². The monoisotopic (exact) mass is 262 g/mol. The highest BCUT2D eigenvalue weighted by molar-refractivity contribution is 6.06. The molecule has 1 aromatic rings. The van der Waals surface area contributed by atoms with Crippen LogP contribution >= 0.6 is 0 Å². The molecule has 1 aliphatic carbocycles. The molecule has 0 bridgehead atoms. The van der Waals surface area contributed by atoms with Gasteiger partial charge in [-0.3, -0.25) is 14.5 Å². The summed E-state index contributed by atoms with van der Waals surface area (Å²) >= 11 is 0. The van der Waals surface area contributed by atoms with Gasteiger partial charge in [-0.2, -0.15) is 0 Å². The van der Waals surface area contributed by atoms with Crippen molar-refractivity contribution in [2.75, 3.05) is 6.54 Å². The van der Waals surface area contributed by atoms with Crippen LogP contribution in [-0.2, 0) is 16.0 Å². The smallest absolute Gasteiger partial charge is 0.247 e. The molecule has 2 heterocycles. The van der Waals surface area contributed by atoms with E-state index < -0.39 is 0 Å². The van der Waals surface area contributed by atoms with Gasteiger partial charge in [0, 0.05) is 24.9 Å². The molecule has 19 heavy (non-hydrogen) atoms. The topological polar surface area (TPSA) is 78.1 Å². The first-order valence-electron chi connectivity index (χ1n) is 6.83. The summed E-state index contributed by atoms with van der Waals surface area (Å²) in [6.07, 6.45) is 7.54. The van der Waals surface area contributed by atoms with E-state index in [1.807, 2.05) is 0 Å². The Morgan fingerprint density at radius 1 is 1.42 bits per heavy atom. The first kappa shape index (κ1) is 12.3. The van der Waals surface area contributed by atoms with E-state index in [-0.39, 0.29) is 23.9 Å². The standard InChI is InChI=1S/C13H18N4O2/c18-12-8-10(13(19)17(12)9-3-4-9)14-5-1-2-11-15-6-7-16-11/h6-7,9-10,14H,1-5,8H2,(H,15,16). The third kappa shape index (κ3) is 2.68. The number of nitrogens with one attached hydrogen (secondary N) is 2. The number of amides is 2. The molecule has 1 aliphatic heterocycles. The molecule has 2 fully saturated rings. The van der Waals surface area contributed by atoms with Crippen molar-refractivity contribution in [2.45, 2.75) is 44.2 Å². The molecule has 0 aromatic carbocycles. The quantitative estimate of drug-likeness (QED) is 0.568. The van der Waals surface area contributed by atoms with Crippen molar-refractivity contribution in [1.82, 2.24) is 20.2 Å². The molecule has 1 aromatic heterocycles. The molecule has 2 amide bonds. The number of likely N-dealkylation sites (tertiary alicyclic amines) is 1. The molecule has 1 unspecified atom stereocenters. The molecule has 2 aliphatic rings. The summed E-state index contributed by atoms with van der Waals surface area (Å²) in [5.74, 6) is 0.900. The van der Waals surface area contributed by atoms with Gasteiger partial charge in [0.1, 0.15) is 5.82 Å². The van der Waals surface area contributed by atoms with Gasteiger partial charge in [-0.05, 0) is 25.8 Å². The molecule has 0 spiro atoms. The molecule has 102 valence electrons. The molecule has 1 saturated heterocycles. The number of nitrogens with zero attached hydrogens (tertiary/aromatic N) is 2. The van der Waals surface area contributed by atoms with E-state index in [2.05, 4.69) is 15.3 Å². The highest BCUT2D eigenvalue weighted by atomic mass is 16.2. The Balaban J connectivity index is 1.43. The zero-order valence-electron chi connectivity index (χ0n) is 10.8. The number of hydrogen-bond donors (Lipinski definition) is 2. The molecule has 0 radical (unpaired) electrons. The van der Waals surface area contributed by atoms with Crippen LogP contribution in [0, 0.1) is 0 Å². The van der Waals surface area contributed by atoms with Crippen molar-refractivity contribution in [3.63, 3.8) is 0 Å². The van der Waals surface area contributed by atoms with E-state index in [0.717, 1.165) is 38.1 Å². The summed E-state index contributed by atoms with van der Waals surface area (Å²) in [7, 11) is 0. The number of aryl methyl sites for hydroxylation is 1. The lowest BCUT2D eigenvalue weighted by Gasteiger charge is -2.14. The SMILES string of the molecule is O=C1CC(NCCCc2ncc[nH]2)C(=O)N1C1CC1. The average molecular weight is 262 g/mol. The first-order chi connectivity index (χ1) is 9.25. The van der Waals surface area contributed by atoms with E-state index in [1.165, 1.54) is 4.90 Å². The second-order valence-electron chi connectivity index (χ2n) is 5.18. The zero-order chi connectivity index (χ0) is 13.2. The second-order valence-corrected chi connectivity index (χ2v) is 5.18. The minimum Gasteiger partial charge on any atom is -0.349 e. The van der Waals surface area contributed by atoms with Gasteiger partial charge in [0.15, 0.2) is 0 Å². The predicted octanol–water partition coefficient (Wildman–Crippen LogP) is 0.222. The van der Waals surface area contributed by atoms with E-state index in [9.17, 15) is 9.59 Å². The average Bonchev–Trinajstić information content (AvgIpc) is 2.99. The number of imide groups is 1. The van der Waals surface area contributed by atoms with Crippen LogP contribution in [0.5, 0.6) is 0 Å². The Morgan fingerprint density at radius 3 is 2.95 bits per heavy atom. The van der Waals surface area contributed by atoms with Gasteiger partial charge in [-0.1, -0.05) is 0 Å². The van der Waals surface area contributed by atoms with Gasteiger partial charge in [-0.15, -0.1) is 0 Å². The minimum atomic E-state index is -0.315. The molecule has 1 atom stereocenters. The number of carbonyl (C=O) groups is 2. The van der Waals surface area contributed by atoms with Gasteiger partial charge in [0.2, 0.25) is 11.8 Å². The van der Waals surface area contributed by atoms with E-state index in [1.54, 1.807) is 12.4 Å². The van der Waals surface area contributed by atoms with E-state index >= 15 is 0 Å². The number of rotatable bonds is 6. The van der Waals surface area contributed by atoms with Gasteiger partial charge in [0.05, 0.1) is 12.5 Å². The molecule has 3 rings (SSSR count). The van der Waals surface area contributed by atoms with Crippen molar-refractivity contribution in [2.24, 2.45) is 0 Å². The van der Waals surface area contributed by atoms with Crippen LogP contribution in [0.25, 0.3) is 0 Å². The Labute approximate surface area is 111 Å². The number of aromatic amines is 1. The summed E-state index contributed by atoms with van der Waals surface area (Å²) in [6, 6.07) is -0.125. The fourth-order valence-electron chi connectivity index (χ4n) is 2.49. The predicted molar refractivity (Wildman–Crippen MR) is 68.2 cm³/mol. The Bertz CT molecular complexity index is 467. The number of imidazole rings is 1. The van der Waals surface area contributed by atoms with Crippen molar-refractivity contribution in [3.8, 4) is 0 Å². The third-order valence-electron chi connectivity index (χ3n) is 3.63. The fraction of sp³-hybridized carbons (Fsp3) is 0.615. The fourth-order valence-corrected chi connectivity index (χ4v) is 2.49. The van der Waals surface area contributed by atoms with E-state index in [4.69, 9.17) is 0 Å². The lowest BCUT2D eigenvalue weighted by atomic mass is 10.2. The van der Waals surface area contributed by atoms with Crippen LogP contribution < -0.4 is 5.32 Å². The largest absolute Gasteiger partial charge is 0.349 e. The normalized spacial score (nSPS) is 23.4. The van der Waals surface area contributed by atoms with Gasteiger partial charge in [-0.25, -0.2) is 4.98 Å². The van der Waals surface area contributed by atoms with Crippen LogP contribution in [0.3, 0.4) is 0 Å². The maximum absolute atomic E-state index is 12.0. The van der Waals surface area contributed by atoms with Gasteiger partial charge >= 0.3 is 0 Å². The Morgan fingerprint density at radius 2 is 2.26 bits per heavy atom. The number of H-pyrrole nitrogens is 1. The summed E-state index contributed by atoms with van der Waals surface area (Å²) in [5, 5.41) is 3.18. The summed E-state index contributed by atoms with van der Waals surface area (Å²) in [4.78, 5) is 32.4. The molecule has 2 N–H and O–H groups in total. The first-order valence-corrected chi connectivity index (χ1v) is 6.83. The molecular weight excluding hydrogens is 244 g/mol. The number of hydrogen-bond acceptors (Lipinski definition) is 4. The van der Waals surface area contributed by atoms with Gasteiger partial charge < -0.3 is 10.3 Å². The van der Waals surface area contributed by atoms with E-state index in [0.29, 0.717) is 6.42 Å². The van der Waals surface area contributed by atoms with Crippen molar-refractivity contribution in [1.29, 1.82) is 0 Å². The Hall–Kier alpha value is -1.69. The maximum Gasteiger partial charge on any atom is 0.247 e. The van der Waals surface area contributed by atoms with Crippen LogP contribution in [0.4, 0.5) is 0 Å². The van der Waals surface area contributed by atoms with Gasteiger partial charge in [0.25, 0.3) is 0 Å². The molecule has 6 heteroatoms. The highest BCUT2D eigenvalue weighted by Crippen LogP contribution is 2.31. The lowest BCUT2D eigenvalue weighted by Crippen LogP contribution is -2.40. The summed E-state index contributed by atoms with van der Waals surface area (Å²) in [6.45, 7) is 0.725. The minimum absolute atomic E-state index is 0.0176. The Kier molecular flexibility index (Phi) is 3.33. The van der Waals surface area contributed by atoms with Crippen molar-refractivity contribution in [3.05, 3.63) is 18.2 Å². The summed E-state index contributed by atoms with van der Waals surface area (Å²) < 4.78 is 0. The zero-order valence-corrected chi connectivity index (χ0v) is 10.8. The van der Waals surface area contributed by atoms with Crippen molar-refractivity contribution >= 4 is 11.8 Å². The molecular formula is C13H18N4O2. The summed E-state index contributed by atoms with van der Waals surface area (Å²) in [5.41, 5.74) is 0. The van der Waals surface area contributed by atoms with Crippen LogP contribution in [0.2, 0.25) is 0 Å². The molecule has 6 nitrogen and oxygen atoms in total.